The van der Waals surface area contributed by atoms with Gasteiger partial charge >= 0.3 is 53.4 Å². The first-order valence-corrected chi connectivity index (χ1v) is 9.48. The van der Waals surface area contributed by atoms with Gasteiger partial charge in [0, 0.05) is 26.2 Å². The smallest absolute Gasteiger partial charge is 1.00 e. The molecule has 0 saturated carbocycles. The Hall–Kier alpha value is -1.44. The second kappa shape index (κ2) is 31.6. The standard InChI is InChI=1S/C10H16N2O8.C3H8O3.C2H7NO.C2H6O.Na.H/c13-7(14)3-11(4-8(15)16)1-2-12(5-9(17)18)6-10(19)20;4-1-3(6)2-5;3-1-2-4;1-2-3;;/h1-6H2,(H,13,14)(H,15,16)(H,17,18)(H,19,20);3-6H,1-2H2;4H,1-3H2;3H,2H2,1H3;;/q;;;;+1;-1. The van der Waals surface area contributed by atoms with Crippen molar-refractivity contribution in [2.24, 2.45) is 5.73 Å². The quantitative estimate of drug-likeness (QED) is 0.0961. The molecule has 0 aliphatic heterocycles. The number of carboxylic acid groups (broad SMARTS) is 4. The molecule has 0 bridgehead atoms. The number of hydrogen-bond acceptors (Lipinski definition) is 12. The van der Waals surface area contributed by atoms with Gasteiger partial charge in [-0.1, -0.05) is 0 Å². The van der Waals surface area contributed by atoms with Gasteiger partial charge in [0.1, 0.15) is 6.10 Å². The number of aliphatic carboxylic acids is 4. The van der Waals surface area contributed by atoms with Gasteiger partial charge in [0.05, 0.1) is 46.0 Å². The van der Waals surface area contributed by atoms with E-state index in [0.717, 1.165) is 9.80 Å². The van der Waals surface area contributed by atoms with Crippen LogP contribution in [0, 0.1) is 0 Å². The number of carboxylic acids is 4. The topological polar surface area (TPSA) is 283 Å². The van der Waals surface area contributed by atoms with Crippen molar-refractivity contribution in [2.75, 3.05) is 72.2 Å². The van der Waals surface area contributed by atoms with E-state index in [9.17, 15) is 19.2 Å². The molecule has 0 rings (SSSR count). The molecular formula is C17H38N3NaO13. The zero-order valence-corrected chi connectivity index (χ0v) is 21.5. The van der Waals surface area contributed by atoms with E-state index in [1.54, 1.807) is 6.92 Å². The second-order valence-corrected chi connectivity index (χ2v) is 5.84. The molecule has 34 heavy (non-hydrogen) atoms. The van der Waals surface area contributed by atoms with Crippen LogP contribution in [0.15, 0.2) is 0 Å². The summed E-state index contributed by atoms with van der Waals surface area (Å²) in [4.78, 5) is 44.4. The van der Waals surface area contributed by atoms with Crippen LogP contribution in [0.25, 0.3) is 0 Å². The SMILES string of the molecule is CCO.NCCO.O=C(O)CN(CCN(CC(=O)O)CC(=O)O)CC(=O)O.OCC(O)CO.[H-].[Na+]. The van der Waals surface area contributed by atoms with Gasteiger partial charge in [-0.3, -0.25) is 29.0 Å². The van der Waals surface area contributed by atoms with E-state index in [2.05, 4.69) is 0 Å². The summed E-state index contributed by atoms with van der Waals surface area (Å²) in [5, 5.41) is 73.8. The summed E-state index contributed by atoms with van der Waals surface area (Å²) in [7, 11) is 0. The Morgan fingerprint density at radius 3 is 1.03 bits per heavy atom. The van der Waals surface area contributed by atoms with E-state index < -0.39 is 56.2 Å². The number of carbonyl (C=O) groups is 4. The Balaban J connectivity index is -0.000000116. The molecule has 0 aromatic rings. The minimum atomic E-state index is -1.23. The second-order valence-electron chi connectivity index (χ2n) is 5.84. The van der Waals surface area contributed by atoms with Gasteiger partial charge in [-0.25, -0.2) is 0 Å². The summed E-state index contributed by atoms with van der Waals surface area (Å²) >= 11 is 0. The molecule has 200 valence electrons. The maximum absolute atomic E-state index is 10.6. The fourth-order valence-electron chi connectivity index (χ4n) is 1.53. The summed E-state index contributed by atoms with van der Waals surface area (Å²) in [5.41, 5.74) is 4.78. The van der Waals surface area contributed by atoms with Crippen LogP contribution >= 0.6 is 0 Å². The molecule has 17 heteroatoms. The molecule has 0 unspecified atom stereocenters. The zero-order chi connectivity index (χ0) is 26.8. The molecule has 0 aliphatic carbocycles. The van der Waals surface area contributed by atoms with Gasteiger partial charge in [0.2, 0.25) is 0 Å². The van der Waals surface area contributed by atoms with Crippen LogP contribution in [-0.4, -0.2) is 158 Å². The molecule has 0 fully saturated rings. The fourth-order valence-corrected chi connectivity index (χ4v) is 1.53. The third-order valence-electron chi connectivity index (χ3n) is 2.72. The zero-order valence-electron chi connectivity index (χ0n) is 20.5. The van der Waals surface area contributed by atoms with Crippen molar-refractivity contribution < 1.29 is 96.1 Å². The van der Waals surface area contributed by atoms with E-state index in [1.165, 1.54) is 0 Å². The monoisotopic (exact) mass is 515 g/mol. The third kappa shape index (κ3) is 44.3. The molecule has 0 heterocycles. The number of rotatable bonds is 14. The summed E-state index contributed by atoms with van der Waals surface area (Å²) in [6.45, 7) is -0.577. The molecule has 0 spiro atoms. The molecule has 0 aromatic heterocycles. The van der Waals surface area contributed by atoms with Crippen molar-refractivity contribution in [2.45, 2.75) is 13.0 Å². The number of aliphatic hydroxyl groups excluding tert-OH is 5. The minimum Gasteiger partial charge on any atom is -1.00 e. The van der Waals surface area contributed by atoms with Gasteiger partial charge in [-0.05, 0) is 6.92 Å². The first kappa shape index (κ1) is 42.7. The average molecular weight is 515 g/mol. The molecule has 0 aromatic carbocycles. The number of nitrogens with two attached hydrogens (primary N) is 1. The van der Waals surface area contributed by atoms with Gasteiger partial charge in [-0.2, -0.15) is 0 Å². The van der Waals surface area contributed by atoms with Crippen molar-refractivity contribution in [1.82, 2.24) is 9.80 Å². The average Bonchev–Trinajstić information content (AvgIpc) is 2.70. The van der Waals surface area contributed by atoms with Crippen LogP contribution in [0.5, 0.6) is 0 Å². The number of nitrogens with zero attached hydrogens (tertiary/aromatic N) is 2. The van der Waals surface area contributed by atoms with E-state index in [0.29, 0.717) is 6.54 Å². The van der Waals surface area contributed by atoms with Crippen molar-refractivity contribution >= 4 is 23.9 Å². The maximum atomic E-state index is 10.6. The molecule has 16 nitrogen and oxygen atoms in total. The van der Waals surface area contributed by atoms with Crippen LogP contribution in [0.1, 0.15) is 8.35 Å². The predicted octanol–water partition coefficient (Wildman–Crippen LogP) is -7.69. The van der Waals surface area contributed by atoms with Gasteiger partial charge in [0.25, 0.3) is 0 Å². The molecule has 0 aliphatic rings. The normalized spacial score (nSPS) is 9.47. The fraction of sp³-hybridized carbons (Fsp3) is 0.765. The first-order valence-electron chi connectivity index (χ1n) is 9.48. The van der Waals surface area contributed by atoms with Gasteiger partial charge < -0.3 is 53.1 Å². The maximum Gasteiger partial charge on any atom is 1.00 e. The van der Waals surface area contributed by atoms with Gasteiger partial charge in [0.15, 0.2) is 0 Å². The van der Waals surface area contributed by atoms with E-state index in [-0.39, 0.29) is 70.5 Å². The Bertz CT molecular complexity index is 448. The van der Waals surface area contributed by atoms with E-state index >= 15 is 0 Å². The Morgan fingerprint density at radius 1 is 0.735 bits per heavy atom. The van der Waals surface area contributed by atoms with E-state index in [4.69, 9.17) is 51.7 Å². The number of aliphatic hydroxyl groups is 5. The minimum absolute atomic E-state index is 0. The molecular weight excluding hydrogens is 477 g/mol. The number of hydrogen-bond donors (Lipinski definition) is 10. The summed E-state index contributed by atoms with van der Waals surface area (Å²) < 4.78 is 0. The summed E-state index contributed by atoms with van der Waals surface area (Å²) in [5.74, 6) is -4.91. The predicted molar refractivity (Wildman–Crippen MR) is 114 cm³/mol. The van der Waals surface area contributed by atoms with Crippen LogP contribution < -0.4 is 35.3 Å². The third-order valence-corrected chi connectivity index (χ3v) is 2.72. The Kier molecular flexibility index (Phi) is 39.6. The van der Waals surface area contributed by atoms with Crippen molar-refractivity contribution in [3.05, 3.63) is 0 Å². The van der Waals surface area contributed by atoms with Crippen molar-refractivity contribution in [3.63, 3.8) is 0 Å². The summed E-state index contributed by atoms with van der Waals surface area (Å²) in [6.07, 6.45) is -0.954. The Labute approximate surface area is 220 Å². The molecule has 0 amide bonds. The molecule has 11 N–H and O–H groups in total. The molecule has 0 atom stereocenters. The summed E-state index contributed by atoms with van der Waals surface area (Å²) in [6, 6.07) is 0. The first-order chi connectivity index (χ1) is 15.3. The van der Waals surface area contributed by atoms with Crippen LogP contribution in [0.4, 0.5) is 0 Å². The van der Waals surface area contributed by atoms with Gasteiger partial charge in [-0.15, -0.1) is 0 Å². The van der Waals surface area contributed by atoms with Crippen LogP contribution in [-0.2, 0) is 19.2 Å². The Morgan fingerprint density at radius 2 is 0.941 bits per heavy atom. The van der Waals surface area contributed by atoms with Crippen LogP contribution in [0.3, 0.4) is 0 Å². The largest absolute Gasteiger partial charge is 1.00 e. The van der Waals surface area contributed by atoms with Crippen molar-refractivity contribution in [3.8, 4) is 0 Å². The van der Waals surface area contributed by atoms with Crippen LogP contribution in [0.2, 0.25) is 0 Å². The molecule has 0 radical (unpaired) electrons. The van der Waals surface area contributed by atoms with Crippen molar-refractivity contribution in [1.29, 1.82) is 0 Å². The van der Waals surface area contributed by atoms with E-state index in [1.807, 2.05) is 0 Å². The molecule has 0 saturated heterocycles.